The fourth-order valence-corrected chi connectivity index (χ4v) is 6.59. The van der Waals surface area contributed by atoms with Gasteiger partial charge in [-0.1, -0.05) is 23.7 Å². The minimum atomic E-state index is -4.54. The Morgan fingerprint density at radius 2 is 1.92 bits per heavy atom. The summed E-state index contributed by atoms with van der Waals surface area (Å²) in [4.78, 5) is 19.2. The molecule has 1 amide bonds. The molecule has 0 atom stereocenters. The van der Waals surface area contributed by atoms with Gasteiger partial charge in [-0.3, -0.25) is 9.48 Å². The molecule has 0 aliphatic carbocycles. The van der Waals surface area contributed by atoms with Crippen LogP contribution in [0.1, 0.15) is 29.5 Å². The maximum atomic E-state index is 13.5. The van der Waals surface area contributed by atoms with Crippen LogP contribution in [0, 0.1) is 0 Å². The van der Waals surface area contributed by atoms with E-state index in [9.17, 15) is 26.4 Å². The van der Waals surface area contributed by atoms with Crippen molar-refractivity contribution in [3.8, 4) is 0 Å². The van der Waals surface area contributed by atoms with Gasteiger partial charge in [0.1, 0.15) is 0 Å². The number of carbonyl (C=O) groups excluding carboxylic acids is 1. The molecule has 1 saturated heterocycles. The lowest BCUT2D eigenvalue weighted by atomic mass is 10.1. The standard InChI is InChI=1S/C25H23ClF3N5O3S2/c1-39(36,37)32-19-6-8-33(9-7-19)24-31-23(35)22(38-24)11-15-2-5-21-17(10-15)13-30-34(21)14-16-3-4-18(26)12-20(16)25(27,28)29/h2-5,10-13,19,32H,6-9,14H2,1H3/b22-11-. The molecule has 14 heteroatoms. The van der Waals surface area contributed by atoms with E-state index in [1.54, 1.807) is 24.4 Å². The minimum Gasteiger partial charge on any atom is -0.351 e. The Morgan fingerprint density at radius 1 is 1.18 bits per heavy atom. The maximum Gasteiger partial charge on any atom is 0.416 e. The summed E-state index contributed by atoms with van der Waals surface area (Å²) in [6.45, 7) is 1.07. The third-order valence-corrected chi connectivity index (χ3v) is 8.46. The number of thioether (sulfide) groups is 1. The summed E-state index contributed by atoms with van der Waals surface area (Å²) in [6.07, 6.45) is 1.11. The Kier molecular flexibility index (Phi) is 7.53. The Balaban J connectivity index is 1.29. The van der Waals surface area contributed by atoms with E-state index in [0.717, 1.165) is 17.9 Å². The van der Waals surface area contributed by atoms with Gasteiger partial charge in [-0.15, -0.1) is 0 Å². The number of piperidine rings is 1. The molecule has 2 aliphatic heterocycles. The van der Waals surface area contributed by atoms with Crippen molar-refractivity contribution in [1.82, 2.24) is 19.4 Å². The molecule has 0 saturated carbocycles. The number of hydrogen-bond donors (Lipinski definition) is 1. The predicted octanol–water partition coefficient (Wildman–Crippen LogP) is 4.74. The van der Waals surface area contributed by atoms with E-state index < -0.39 is 21.8 Å². The van der Waals surface area contributed by atoms with Gasteiger partial charge >= 0.3 is 6.18 Å². The number of benzene rings is 2. The van der Waals surface area contributed by atoms with Crippen LogP contribution in [-0.4, -0.2) is 59.6 Å². The van der Waals surface area contributed by atoms with Gasteiger partial charge < -0.3 is 4.90 Å². The highest BCUT2D eigenvalue weighted by Gasteiger charge is 2.34. The van der Waals surface area contributed by atoms with Crippen molar-refractivity contribution >= 4 is 61.4 Å². The number of alkyl halides is 3. The quantitative estimate of drug-likeness (QED) is 0.427. The Hall–Kier alpha value is -2.87. The van der Waals surface area contributed by atoms with Gasteiger partial charge in [0.25, 0.3) is 5.91 Å². The zero-order chi connectivity index (χ0) is 27.9. The summed E-state index contributed by atoms with van der Waals surface area (Å²) in [5.74, 6) is -0.357. The van der Waals surface area contributed by atoms with Gasteiger partial charge in [0.15, 0.2) is 5.17 Å². The fraction of sp³-hybridized carbons (Fsp3) is 0.320. The zero-order valence-corrected chi connectivity index (χ0v) is 23.0. The second-order valence-electron chi connectivity index (χ2n) is 9.38. The number of fused-ring (bicyclic) bond motifs is 1. The van der Waals surface area contributed by atoms with E-state index in [4.69, 9.17) is 11.6 Å². The predicted molar refractivity (Wildman–Crippen MR) is 146 cm³/mol. The monoisotopic (exact) mass is 597 g/mol. The smallest absolute Gasteiger partial charge is 0.351 e. The molecule has 2 aromatic carbocycles. The molecule has 1 fully saturated rings. The van der Waals surface area contributed by atoms with E-state index in [-0.39, 0.29) is 29.1 Å². The number of carbonyl (C=O) groups is 1. The number of amidine groups is 1. The molecule has 3 heterocycles. The SMILES string of the molecule is CS(=O)(=O)NC1CCN(C2=NC(=O)/C(=C/c3ccc4c(cnn4Cc4ccc(Cl)cc4C(F)(F)F)c3)S2)CC1. The van der Waals surface area contributed by atoms with E-state index >= 15 is 0 Å². The molecule has 0 radical (unpaired) electrons. The maximum absolute atomic E-state index is 13.5. The number of nitrogens with zero attached hydrogens (tertiary/aromatic N) is 4. The van der Waals surface area contributed by atoms with Crippen molar-refractivity contribution < 1.29 is 26.4 Å². The third kappa shape index (κ3) is 6.48. The second-order valence-corrected chi connectivity index (χ2v) is 12.6. The molecule has 8 nitrogen and oxygen atoms in total. The molecule has 2 aliphatic rings. The van der Waals surface area contributed by atoms with Crippen molar-refractivity contribution in [2.75, 3.05) is 19.3 Å². The molecule has 0 spiro atoms. The van der Waals surface area contributed by atoms with Crippen LogP contribution in [-0.2, 0) is 27.5 Å². The first kappa shape index (κ1) is 27.7. The molecule has 206 valence electrons. The van der Waals surface area contributed by atoms with Gasteiger partial charge in [0.05, 0.1) is 35.0 Å². The fourth-order valence-electron chi connectivity index (χ4n) is 4.61. The average molecular weight is 598 g/mol. The van der Waals surface area contributed by atoms with E-state index in [1.807, 2.05) is 11.0 Å². The molecule has 0 unspecified atom stereocenters. The molecule has 39 heavy (non-hydrogen) atoms. The molecular weight excluding hydrogens is 575 g/mol. The van der Waals surface area contributed by atoms with Crippen molar-refractivity contribution in [2.24, 2.45) is 4.99 Å². The molecule has 1 N–H and O–H groups in total. The Bertz CT molecular complexity index is 1610. The highest BCUT2D eigenvalue weighted by molar-refractivity contribution is 8.18. The summed E-state index contributed by atoms with van der Waals surface area (Å²) in [5.41, 5.74) is 0.626. The van der Waals surface area contributed by atoms with Gasteiger partial charge in [-0.25, -0.2) is 13.1 Å². The molecular formula is C25H23ClF3N5O3S2. The van der Waals surface area contributed by atoms with Gasteiger partial charge in [-0.05, 0) is 66.1 Å². The van der Waals surface area contributed by atoms with E-state index in [2.05, 4.69) is 14.8 Å². The van der Waals surface area contributed by atoms with Crippen LogP contribution >= 0.6 is 23.4 Å². The molecule has 0 bridgehead atoms. The number of rotatable bonds is 5. The number of sulfonamides is 1. The van der Waals surface area contributed by atoms with Crippen LogP contribution in [0.25, 0.3) is 17.0 Å². The van der Waals surface area contributed by atoms with E-state index in [0.29, 0.717) is 46.9 Å². The van der Waals surface area contributed by atoms with Crippen LogP contribution in [0.3, 0.4) is 0 Å². The zero-order valence-electron chi connectivity index (χ0n) is 20.6. The van der Waals surface area contributed by atoms with Crippen LogP contribution in [0.5, 0.6) is 0 Å². The normalized spacial score (nSPS) is 18.4. The number of nitrogens with one attached hydrogen (secondary N) is 1. The minimum absolute atomic E-state index is 0.00831. The van der Waals surface area contributed by atoms with Crippen molar-refractivity contribution in [1.29, 1.82) is 0 Å². The average Bonchev–Trinajstić information content (AvgIpc) is 3.42. The molecule has 5 rings (SSSR count). The summed E-state index contributed by atoms with van der Waals surface area (Å²) >= 11 is 7.05. The van der Waals surface area contributed by atoms with Crippen molar-refractivity contribution in [3.05, 3.63) is 69.2 Å². The van der Waals surface area contributed by atoms with E-state index in [1.165, 1.54) is 28.6 Å². The van der Waals surface area contributed by atoms with Gasteiger partial charge in [0, 0.05) is 29.5 Å². The number of halogens is 4. The highest BCUT2D eigenvalue weighted by Crippen LogP contribution is 2.35. The highest BCUT2D eigenvalue weighted by atomic mass is 35.5. The lowest BCUT2D eigenvalue weighted by molar-refractivity contribution is -0.138. The lowest BCUT2D eigenvalue weighted by Crippen LogP contribution is -2.45. The Labute approximate surface area is 232 Å². The number of aromatic nitrogens is 2. The van der Waals surface area contributed by atoms with Gasteiger partial charge in [-0.2, -0.15) is 23.3 Å². The second kappa shape index (κ2) is 10.6. The van der Waals surface area contributed by atoms with Crippen LogP contribution in [0.15, 0.2) is 52.5 Å². The first-order chi connectivity index (χ1) is 18.4. The summed E-state index contributed by atoms with van der Waals surface area (Å²) in [6, 6.07) is 8.88. The number of amides is 1. The van der Waals surface area contributed by atoms with Crippen LogP contribution in [0.4, 0.5) is 13.2 Å². The third-order valence-electron chi connectivity index (χ3n) is 6.42. The summed E-state index contributed by atoms with van der Waals surface area (Å²) in [5, 5.41) is 5.58. The van der Waals surface area contributed by atoms with Crippen molar-refractivity contribution in [2.45, 2.75) is 31.6 Å². The Morgan fingerprint density at radius 3 is 2.62 bits per heavy atom. The number of hydrogen-bond acceptors (Lipinski definition) is 6. The molecule has 3 aromatic rings. The van der Waals surface area contributed by atoms with Crippen LogP contribution in [0.2, 0.25) is 5.02 Å². The number of aliphatic imine (C=N–C) groups is 1. The van der Waals surface area contributed by atoms with Gasteiger partial charge in [0.2, 0.25) is 10.0 Å². The first-order valence-electron chi connectivity index (χ1n) is 11.9. The lowest BCUT2D eigenvalue weighted by Gasteiger charge is -2.32. The largest absolute Gasteiger partial charge is 0.416 e. The summed E-state index contributed by atoms with van der Waals surface area (Å²) in [7, 11) is -3.28. The van der Waals surface area contributed by atoms with Crippen LogP contribution < -0.4 is 4.72 Å². The topological polar surface area (TPSA) is 96.7 Å². The summed E-state index contributed by atoms with van der Waals surface area (Å²) < 4.78 is 67.6. The van der Waals surface area contributed by atoms with Crippen molar-refractivity contribution in [3.63, 3.8) is 0 Å². The first-order valence-corrected chi connectivity index (χ1v) is 15.0. The number of likely N-dealkylation sites (tertiary alicyclic amines) is 1. The molecule has 1 aromatic heterocycles.